The van der Waals surface area contributed by atoms with Crippen molar-refractivity contribution in [3.8, 4) is 0 Å². The van der Waals surface area contributed by atoms with Crippen molar-refractivity contribution in [3.63, 3.8) is 0 Å². The van der Waals surface area contributed by atoms with E-state index < -0.39 is 0 Å². The van der Waals surface area contributed by atoms with Crippen molar-refractivity contribution in [1.82, 2.24) is 10.6 Å². The number of rotatable bonds is 7. The molecule has 1 heterocycles. The van der Waals surface area contributed by atoms with E-state index in [0.717, 1.165) is 31.9 Å². The third kappa shape index (κ3) is 7.35. The van der Waals surface area contributed by atoms with E-state index in [4.69, 9.17) is 0 Å². The lowest BCUT2D eigenvalue weighted by molar-refractivity contribution is 0.695. The molecule has 0 spiro atoms. The van der Waals surface area contributed by atoms with Crippen LogP contribution >= 0.6 is 35.3 Å². The highest BCUT2D eigenvalue weighted by Gasteiger charge is 2.07. The molecule has 0 aliphatic heterocycles. The molecule has 1 unspecified atom stereocenters. The molecule has 2 N–H and O–H groups in total. The minimum absolute atomic E-state index is 0. The van der Waals surface area contributed by atoms with E-state index in [2.05, 4.69) is 70.4 Å². The van der Waals surface area contributed by atoms with Crippen molar-refractivity contribution in [2.75, 3.05) is 20.1 Å². The fourth-order valence-electron chi connectivity index (χ4n) is 2.29. The monoisotopic (exact) mass is 443 g/mol. The number of aliphatic imine (C=N–C) groups is 1. The Morgan fingerprint density at radius 2 is 1.91 bits per heavy atom. The van der Waals surface area contributed by atoms with E-state index in [-0.39, 0.29) is 24.0 Å². The highest BCUT2D eigenvalue weighted by atomic mass is 127. The molecule has 1 aromatic carbocycles. The van der Waals surface area contributed by atoms with E-state index in [9.17, 15) is 0 Å². The second-order valence-electron chi connectivity index (χ2n) is 5.39. The Hall–Kier alpha value is -1.08. The minimum Gasteiger partial charge on any atom is -0.356 e. The molecular weight excluding hydrogens is 417 g/mol. The molecule has 0 aliphatic rings. The Kier molecular flexibility index (Phi) is 9.94. The van der Waals surface area contributed by atoms with E-state index >= 15 is 0 Å². The summed E-state index contributed by atoms with van der Waals surface area (Å²) in [5.41, 5.74) is 1.39. The summed E-state index contributed by atoms with van der Waals surface area (Å²) >= 11 is 1.81. The first-order valence-electron chi connectivity index (χ1n) is 7.81. The number of aryl methyl sites for hydroxylation is 1. The minimum atomic E-state index is 0. The average Bonchev–Trinajstić information content (AvgIpc) is 3.09. The molecule has 5 heteroatoms. The smallest absolute Gasteiger partial charge is 0.190 e. The number of halogens is 1. The van der Waals surface area contributed by atoms with Gasteiger partial charge in [0.1, 0.15) is 0 Å². The Morgan fingerprint density at radius 3 is 2.57 bits per heavy atom. The molecule has 2 rings (SSSR count). The molecule has 1 atom stereocenters. The molecule has 1 aromatic heterocycles. The van der Waals surface area contributed by atoms with Crippen LogP contribution in [0, 0.1) is 0 Å². The van der Waals surface area contributed by atoms with Gasteiger partial charge >= 0.3 is 0 Å². The molecule has 2 aromatic rings. The lowest BCUT2D eigenvalue weighted by atomic mass is 10.1. The Bertz CT molecular complexity index is 555. The number of benzene rings is 1. The third-order valence-electron chi connectivity index (χ3n) is 3.61. The van der Waals surface area contributed by atoms with Crippen molar-refractivity contribution < 1.29 is 0 Å². The summed E-state index contributed by atoms with van der Waals surface area (Å²) in [6.45, 7) is 4.07. The van der Waals surface area contributed by atoms with Crippen LogP contribution in [0.2, 0.25) is 0 Å². The van der Waals surface area contributed by atoms with Crippen LogP contribution < -0.4 is 10.6 Å². The van der Waals surface area contributed by atoms with E-state index in [0.29, 0.717) is 5.92 Å². The zero-order chi connectivity index (χ0) is 15.6. The molecule has 0 saturated heterocycles. The van der Waals surface area contributed by atoms with Gasteiger partial charge in [-0.2, -0.15) is 0 Å². The predicted molar refractivity (Wildman–Crippen MR) is 112 cm³/mol. The second kappa shape index (κ2) is 11.5. The van der Waals surface area contributed by atoms with E-state index in [1.807, 2.05) is 18.4 Å². The quantitative estimate of drug-likeness (QED) is 0.290. The Morgan fingerprint density at radius 1 is 1.13 bits per heavy atom. The Balaban J connectivity index is 0.00000264. The van der Waals surface area contributed by atoms with Gasteiger partial charge in [-0.1, -0.05) is 43.3 Å². The summed E-state index contributed by atoms with van der Waals surface area (Å²) in [4.78, 5) is 5.69. The lowest BCUT2D eigenvalue weighted by Crippen LogP contribution is -2.39. The van der Waals surface area contributed by atoms with Crippen molar-refractivity contribution in [3.05, 3.63) is 58.3 Å². The van der Waals surface area contributed by atoms with Crippen LogP contribution in [0.3, 0.4) is 0 Å². The topological polar surface area (TPSA) is 36.4 Å². The highest BCUT2D eigenvalue weighted by Crippen LogP contribution is 2.19. The van der Waals surface area contributed by atoms with Gasteiger partial charge in [-0.3, -0.25) is 4.99 Å². The van der Waals surface area contributed by atoms with Crippen molar-refractivity contribution in [2.24, 2.45) is 4.99 Å². The normalized spacial score (nSPS) is 12.3. The number of thiophene rings is 1. The van der Waals surface area contributed by atoms with Crippen LogP contribution in [0.25, 0.3) is 0 Å². The summed E-state index contributed by atoms with van der Waals surface area (Å²) in [6, 6.07) is 14.9. The average molecular weight is 443 g/mol. The van der Waals surface area contributed by atoms with E-state index in [1.165, 1.54) is 10.4 Å². The standard InChI is InChI=1S/C18H25N3S.HI/c1-15(17-11-7-13-22-17)14-21-18(19-2)20-12-6-10-16-8-4-3-5-9-16;/h3-5,7-9,11,13,15H,6,10,12,14H2,1-2H3,(H2,19,20,21);1H. The first-order chi connectivity index (χ1) is 10.8. The maximum atomic E-state index is 4.28. The van der Waals surface area contributed by atoms with Crippen LogP contribution in [-0.2, 0) is 6.42 Å². The van der Waals surface area contributed by atoms with Gasteiger partial charge in [-0.05, 0) is 29.9 Å². The zero-order valence-electron chi connectivity index (χ0n) is 13.8. The van der Waals surface area contributed by atoms with Crippen LogP contribution in [0.15, 0.2) is 52.8 Å². The maximum absolute atomic E-state index is 4.28. The number of hydrogen-bond donors (Lipinski definition) is 2. The summed E-state index contributed by atoms with van der Waals surface area (Å²) in [5, 5.41) is 8.91. The highest BCUT2D eigenvalue weighted by molar-refractivity contribution is 14.0. The molecule has 126 valence electrons. The molecule has 0 amide bonds. The van der Waals surface area contributed by atoms with Gasteiger partial charge in [-0.15, -0.1) is 35.3 Å². The van der Waals surface area contributed by atoms with Gasteiger partial charge in [0.2, 0.25) is 0 Å². The summed E-state index contributed by atoms with van der Waals surface area (Å²) in [7, 11) is 1.82. The maximum Gasteiger partial charge on any atom is 0.190 e. The fraction of sp³-hybridized carbons (Fsp3) is 0.389. The second-order valence-corrected chi connectivity index (χ2v) is 6.36. The van der Waals surface area contributed by atoms with Crippen molar-refractivity contribution in [1.29, 1.82) is 0 Å². The SMILES string of the molecule is CN=C(NCCCc1ccccc1)NCC(C)c1cccs1.I. The first kappa shape index (κ1) is 20.0. The zero-order valence-corrected chi connectivity index (χ0v) is 16.9. The molecular formula is C18H26IN3S. The lowest BCUT2D eigenvalue weighted by Gasteiger charge is -2.15. The molecule has 0 aliphatic carbocycles. The van der Waals surface area contributed by atoms with Crippen LogP contribution in [0.1, 0.15) is 29.7 Å². The van der Waals surface area contributed by atoms with E-state index in [1.54, 1.807) is 0 Å². The van der Waals surface area contributed by atoms with Crippen LogP contribution in [-0.4, -0.2) is 26.1 Å². The predicted octanol–water partition coefficient (Wildman–Crippen LogP) is 4.27. The first-order valence-corrected chi connectivity index (χ1v) is 8.69. The van der Waals surface area contributed by atoms with Crippen molar-refractivity contribution in [2.45, 2.75) is 25.7 Å². The van der Waals surface area contributed by atoms with Crippen LogP contribution in [0.4, 0.5) is 0 Å². The van der Waals surface area contributed by atoms with Gasteiger partial charge in [0.25, 0.3) is 0 Å². The van der Waals surface area contributed by atoms with Crippen LogP contribution in [0.5, 0.6) is 0 Å². The summed E-state index contributed by atoms with van der Waals surface area (Å²) < 4.78 is 0. The number of hydrogen-bond acceptors (Lipinski definition) is 2. The molecule has 0 saturated carbocycles. The van der Waals surface area contributed by atoms with Gasteiger partial charge in [-0.25, -0.2) is 0 Å². The number of guanidine groups is 1. The summed E-state index contributed by atoms with van der Waals surface area (Å²) in [6.07, 6.45) is 2.20. The molecule has 3 nitrogen and oxygen atoms in total. The van der Waals surface area contributed by atoms with Gasteiger partial charge in [0.15, 0.2) is 5.96 Å². The largest absolute Gasteiger partial charge is 0.356 e. The molecule has 0 bridgehead atoms. The number of nitrogens with one attached hydrogen (secondary N) is 2. The third-order valence-corrected chi connectivity index (χ3v) is 4.71. The van der Waals surface area contributed by atoms with Gasteiger partial charge in [0, 0.05) is 30.9 Å². The van der Waals surface area contributed by atoms with Gasteiger partial charge in [0.05, 0.1) is 0 Å². The number of nitrogens with zero attached hydrogens (tertiary/aromatic N) is 1. The summed E-state index contributed by atoms with van der Waals surface area (Å²) in [5.74, 6) is 1.39. The van der Waals surface area contributed by atoms with Gasteiger partial charge < -0.3 is 10.6 Å². The fourth-order valence-corrected chi connectivity index (χ4v) is 3.07. The molecule has 23 heavy (non-hydrogen) atoms. The van der Waals surface area contributed by atoms with Crippen molar-refractivity contribution >= 4 is 41.3 Å². The molecule has 0 fully saturated rings. The molecule has 0 radical (unpaired) electrons. The Labute approximate surface area is 160 Å².